The zero-order chi connectivity index (χ0) is 9.68. The first kappa shape index (κ1) is 9.21. The van der Waals surface area contributed by atoms with E-state index in [0.29, 0.717) is 0 Å². The monoisotopic (exact) mass is 181 g/mol. The van der Waals surface area contributed by atoms with Gasteiger partial charge in [0.1, 0.15) is 5.75 Å². The van der Waals surface area contributed by atoms with Crippen LogP contribution in [0.4, 0.5) is 0 Å². The molecule has 0 atom stereocenters. The third-order valence-corrected chi connectivity index (χ3v) is 1.41. The zero-order valence-electron chi connectivity index (χ0n) is 6.56. The second-order valence-electron chi connectivity index (χ2n) is 2.15. The number of rotatable bonds is 3. The molecule has 5 heteroatoms. The van der Waals surface area contributed by atoms with Crippen molar-refractivity contribution in [2.75, 3.05) is 0 Å². The van der Waals surface area contributed by atoms with Gasteiger partial charge in [0.2, 0.25) is 0 Å². The van der Waals surface area contributed by atoms with Crippen molar-refractivity contribution in [3.05, 3.63) is 29.8 Å². The highest BCUT2D eigenvalue weighted by Crippen LogP contribution is 2.16. The third-order valence-electron chi connectivity index (χ3n) is 1.41. The first-order chi connectivity index (χ1) is 6.29. The number of para-hydroxylation sites is 1. The maximum atomic E-state index is 11.0. The first-order valence-corrected chi connectivity index (χ1v) is 3.43. The lowest BCUT2D eigenvalue weighted by Crippen LogP contribution is -2.19. The molecular formula is C8H7NO4. The van der Waals surface area contributed by atoms with Crippen molar-refractivity contribution in [2.24, 2.45) is 0 Å². The van der Waals surface area contributed by atoms with E-state index in [1.165, 1.54) is 17.6 Å². The van der Waals surface area contributed by atoms with Gasteiger partial charge in [0, 0.05) is 0 Å². The highest BCUT2D eigenvalue weighted by molar-refractivity contribution is 5.96. The van der Waals surface area contributed by atoms with Gasteiger partial charge in [-0.25, -0.2) is 5.48 Å². The predicted octanol–water partition coefficient (Wildman–Crippen LogP) is 0.341. The van der Waals surface area contributed by atoms with E-state index in [4.69, 9.17) is 5.21 Å². The summed E-state index contributed by atoms with van der Waals surface area (Å²) in [6, 6.07) is 6.05. The summed E-state index contributed by atoms with van der Waals surface area (Å²) < 4.78 is 4.51. The lowest BCUT2D eigenvalue weighted by Gasteiger charge is -2.03. The van der Waals surface area contributed by atoms with Crippen molar-refractivity contribution in [2.45, 2.75) is 0 Å². The highest BCUT2D eigenvalue weighted by Gasteiger charge is 2.10. The van der Waals surface area contributed by atoms with Crippen LogP contribution in [0.1, 0.15) is 10.4 Å². The fourth-order valence-corrected chi connectivity index (χ4v) is 0.869. The van der Waals surface area contributed by atoms with Crippen molar-refractivity contribution in [3.8, 4) is 5.75 Å². The van der Waals surface area contributed by atoms with Crippen LogP contribution in [-0.4, -0.2) is 17.6 Å². The lowest BCUT2D eigenvalue weighted by molar-refractivity contribution is -0.120. The number of ether oxygens (including phenoxy) is 1. The van der Waals surface area contributed by atoms with Crippen LogP contribution in [-0.2, 0) is 4.79 Å². The van der Waals surface area contributed by atoms with E-state index < -0.39 is 5.91 Å². The number of hydrogen-bond donors (Lipinski definition) is 2. The quantitative estimate of drug-likeness (QED) is 0.400. The van der Waals surface area contributed by atoms with Crippen molar-refractivity contribution < 1.29 is 19.5 Å². The molecule has 2 N–H and O–H groups in total. The van der Waals surface area contributed by atoms with E-state index in [2.05, 4.69) is 4.74 Å². The van der Waals surface area contributed by atoms with Crippen LogP contribution in [0.2, 0.25) is 0 Å². The Morgan fingerprint density at radius 3 is 2.77 bits per heavy atom. The molecule has 0 saturated carbocycles. The van der Waals surface area contributed by atoms with Gasteiger partial charge < -0.3 is 4.74 Å². The summed E-state index contributed by atoms with van der Waals surface area (Å²) in [4.78, 5) is 21.0. The molecule has 0 radical (unpaired) electrons. The van der Waals surface area contributed by atoms with Crippen molar-refractivity contribution >= 4 is 12.4 Å². The third kappa shape index (κ3) is 2.03. The molecule has 0 bridgehead atoms. The van der Waals surface area contributed by atoms with Crippen LogP contribution in [0.5, 0.6) is 5.75 Å². The fourth-order valence-electron chi connectivity index (χ4n) is 0.869. The summed E-state index contributed by atoms with van der Waals surface area (Å²) >= 11 is 0. The van der Waals surface area contributed by atoms with E-state index >= 15 is 0 Å². The Bertz CT molecular complexity index is 324. The molecule has 0 unspecified atom stereocenters. The van der Waals surface area contributed by atoms with Gasteiger partial charge in [-0.15, -0.1) is 0 Å². The summed E-state index contributed by atoms with van der Waals surface area (Å²) in [5.41, 5.74) is 1.54. The molecule has 0 aliphatic heterocycles. The second-order valence-corrected chi connectivity index (χ2v) is 2.15. The molecule has 0 aliphatic carbocycles. The number of hydroxylamine groups is 1. The van der Waals surface area contributed by atoms with Gasteiger partial charge >= 0.3 is 0 Å². The number of carbonyl (C=O) groups excluding carboxylic acids is 2. The molecule has 0 heterocycles. The van der Waals surface area contributed by atoms with E-state index in [1.807, 2.05) is 0 Å². The Balaban J connectivity index is 3.03. The highest BCUT2D eigenvalue weighted by atomic mass is 16.5. The van der Waals surface area contributed by atoms with Crippen LogP contribution in [0.15, 0.2) is 24.3 Å². The van der Waals surface area contributed by atoms with E-state index in [0.717, 1.165) is 0 Å². The van der Waals surface area contributed by atoms with Gasteiger partial charge in [0.05, 0.1) is 5.56 Å². The molecule has 1 aromatic rings. The Kier molecular flexibility index (Phi) is 2.99. The number of hydrogen-bond acceptors (Lipinski definition) is 4. The minimum Gasteiger partial charge on any atom is -0.428 e. The molecule has 0 aliphatic rings. The van der Waals surface area contributed by atoms with Gasteiger partial charge in [-0.1, -0.05) is 12.1 Å². The summed E-state index contributed by atoms with van der Waals surface area (Å²) in [5, 5.41) is 8.34. The average Bonchev–Trinajstić information content (AvgIpc) is 2.18. The van der Waals surface area contributed by atoms with Gasteiger partial charge in [-0.05, 0) is 12.1 Å². The number of amides is 1. The molecule has 0 spiro atoms. The van der Waals surface area contributed by atoms with Crippen molar-refractivity contribution in [3.63, 3.8) is 0 Å². The summed E-state index contributed by atoms with van der Waals surface area (Å²) in [6.07, 6.45) is 0. The first-order valence-electron chi connectivity index (χ1n) is 3.43. The molecule has 0 aromatic heterocycles. The maximum absolute atomic E-state index is 11.0. The van der Waals surface area contributed by atoms with Crippen molar-refractivity contribution in [1.29, 1.82) is 0 Å². The molecule has 1 amide bonds. The van der Waals surface area contributed by atoms with Gasteiger partial charge in [0.25, 0.3) is 12.4 Å². The minimum absolute atomic E-state index is 0.0945. The molecule has 68 valence electrons. The van der Waals surface area contributed by atoms with E-state index in [9.17, 15) is 9.59 Å². The Morgan fingerprint density at radius 2 is 2.15 bits per heavy atom. The van der Waals surface area contributed by atoms with Gasteiger partial charge in [-0.2, -0.15) is 0 Å². The maximum Gasteiger partial charge on any atom is 0.298 e. The van der Waals surface area contributed by atoms with Crippen LogP contribution >= 0.6 is 0 Å². The van der Waals surface area contributed by atoms with Gasteiger partial charge in [-0.3, -0.25) is 14.8 Å². The van der Waals surface area contributed by atoms with Gasteiger partial charge in [0.15, 0.2) is 0 Å². The lowest BCUT2D eigenvalue weighted by atomic mass is 10.2. The summed E-state index contributed by atoms with van der Waals surface area (Å²) in [6.45, 7) is 0.212. The number of nitrogens with one attached hydrogen (secondary N) is 1. The van der Waals surface area contributed by atoms with Crippen molar-refractivity contribution in [1.82, 2.24) is 5.48 Å². The standard InChI is InChI=1S/C8H7NO4/c10-5-13-7-4-2-1-3-6(7)8(11)9-12/h1-5,12H,(H,9,11). The topological polar surface area (TPSA) is 75.6 Å². The molecule has 0 saturated heterocycles. The van der Waals surface area contributed by atoms with Crippen LogP contribution in [0.3, 0.4) is 0 Å². The number of carbonyl (C=O) groups is 2. The fraction of sp³-hybridized carbons (Fsp3) is 0. The molecule has 5 nitrogen and oxygen atoms in total. The van der Waals surface area contributed by atoms with Crippen LogP contribution in [0.25, 0.3) is 0 Å². The molecular weight excluding hydrogens is 174 g/mol. The average molecular weight is 181 g/mol. The SMILES string of the molecule is O=COc1ccccc1C(=O)NO. The summed E-state index contributed by atoms with van der Waals surface area (Å²) in [7, 11) is 0. The smallest absolute Gasteiger partial charge is 0.298 e. The second kappa shape index (κ2) is 4.22. The van der Waals surface area contributed by atoms with E-state index in [1.54, 1.807) is 12.1 Å². The number of benzene rings is 1. The Labute approximate surface area is 73.9 Å². The molecule has 13 heavy (non-hydrogen) atoms. The summed E-state index contributed by atoms with van der Waals surface area (Å²) in [5.74, 6) is -0.624. The van der Waals surface area contributed by atoms with E-state index in [-0.39, 0.29) is 17.8 Å². The Morgan fingerprint density at radius 1 is 1.46 bits per heavy atom. The predicted molar refractivity (Wildman–Crippen MR) is 42.4 cm³/mol. The molecule has 1 rings (SSSR count). The van der Waals surface area contributed by atoms with Crippen LogP contribution < -0.4 is 10.2 Å². The molecule has 1 aromatic carbocycles. The molecule has 0 fully saturated rings. The zero-order valence-corrected chi connectivity index (χ0v) is 6.56. The normalized spacial score (nSPS) is 9.00. The largest absolute Gasteiger partial charge is 0.428 e. The minimum atomic E-state index is -0.725. The van der Waals surface area contributed by atoms with Crippen LogP contribution in [0, 0.1) is 0 Å². The Hall–Kier alpha value is -1.88.